The highest BCUT2D eigenvalue weighted by molar-refractivity contribution is 5.98. The third-order valence-electron chi connectivity index (χ3n) is 6.52. The SMILES string of the molecule is O=C1C[C@H](/C=C/c2ccccc2)Cc2nc(N3CCN(c4cccc(C(F)(F)F)c4)CC3)ncc21. The Balaban J connectivity index is 1.26. The lowest BCUT2D eigenvalue weighted by atomic mass is 9.86. The molecule has 2 aliphatic rings. The molecule has 5 nitrogen and oxygen atoms in total. The molecule has 0 unspecified atom stereocenters. The van der Waals surface area contributed by atoms with Gasteiger partial charge in [0.2, 0.25) is 5.95 Å². The van der Waals surface area contributed by atoms with E-state index in [1.165, 1.54) is 12.1 Å². The normalized spacial score (nSPS) is 18.7. The Bertz CT molecular complexity index is 1230. The van der Waals surface area contributed by atoms with Crippen LogP contribution in [0.2, 0.25) is 0 Å². The molecule has 5 rings (SSSR count). The first-order valence-electron chi connectivity index (χ1n) is 11.7. The summed E-state index contributed by atoms with van der Waals surface area (Å²) in [6, 6.07) is 15.4. The van der Waals surface area contributed by atoms with E-state index < -0.39 is 11.7 Å². The molecule has 8 heteroatoms. The summed E-state index contributed by atoms with van der Waals surface area (Å²) < 4.78 is 39.2. The summed E-state index contributed by atoms with van der Waals surface area (Å²) in [7, 11) is 0. The maximum atomic E-state index is 13.1. The van der Waals surface area contributed by atoms with Crippen LogP contribution in [-0.2, 0) is 12.6 Å². The van der Waals surface area contributed by atoms with Crippen LogP contribution in [0.1, 0.15) is 33.6 Å². The zero-order chi connectivity index (χ0) is 24.4. The number of rotatable bonds is 4. The number of Topliss-reactive ketones (excluding diaryl/α,β-unsaturated/α-hetero) is 1. The van der Waals surface area contributed by atoms with Gasteiger partial charge in [-0.1, -0.05) is 48.6 Å². The van der Waals surface area contributed by atoms with Gasteiger partial charge in [0.05, 0.1) is 16.8 Å². The fourth-order valence-corrected chi connectivity index (χ4v) is 4.61. The van der Waals surface area contributed by atoms with Gasteiger partial charge in [-0.2, -0.15) is 13.2 Å². The molecular weight excluding hydrogens is 453 g/mol. The Morgan fingerprint density at radius 1 is 0.914 bits per heavy atom. The molecule has 0 radical (unpaired) electrons. The molecule has 2 heterocycles. The maximum absolute atomic E-state index is 13.1. The summed E-state index contributed by atoms with van der Waals surface area (Å²) in [5, 5.41) is 0. The van der Waals surface area contributed by atoms with E-state index >= 15 is 0 Å². The number of hydrogen-bond donors (Lipinski definition) is 0. The van der Waals surface area contributed by atoms with E-state index in [1.807, 2.05) is 46.2 Å². The molecule has 1 aliphatic heterocycles. The van der Waals surface area contributed by atoms with Crippen molar-refractivity contribution in [1.82, 2.24) is 9.97 Å². The molecule has 0 bridgehead atoms. The lowest BCUT2D eigenvalue weighted by Gasteiger charge is -2.36. The van der Waals surface area contributed by atoms with E-state index in [2.05, 4.69) is 11.1 Å². The van der Waals surface area contributed by atoms with Crippen molar-refractivity contribution in [1.29, 1.82) is 0 Å². The van der Waals surface area contributed by atoms with Crippen molar-refractivity contribution < 1.29 is 18.0 Å². The van der Waals surface area contributed by atoms with Gasteiger partial charge in [0.15, 0.2) is 5.78 Å². The van der Waals surface area contributed by atoms with Crippen LogP contribution >= 0.6 is 0 Å². The summed E-state index contributed by atoms with van der Waals surface area (Å²) in [6.07, 6.45) is 2.49. The number of benzene rings is 2. The summed E-state index contributed by atoms with van der Waals surface area (Å²) in [5.41, 5.74) is 2.35. The zero-order valence-electron chi connectivity index (χ0n) is 19.1. The predicted octanol–water partition coefficient (Wildman–Crippen LogP) is 5.28. The number of carbonyl (C=O) groups is 1. The standard InChI is InChI=1S/C27H25F3N4O/c28-27(29,30)21-7-4-8-22(17-21)33-11-13-34(14-12-33)26-31-18-23-24(32-26)15-20(16-25(23)35)10-9-19-5-2-1-3-6-19/h1-10,17-18,20H,11-16H2/b10-9+/t20-/m1/s1. The van der Waals surface area contributed by atoms with E-state index in [1.54, 1.807) is 12.3 Å². The first kappa shape index (κ1) is 23.1. The van der Waals surface area contributed by atoms with Crippen LogP contribution in [0.3, 0.4) is 0 Å². The van der Waals surface area contributed by atoms with Crippen molar-refractivity contribution in [2.75, 3.05) is 36.0 Å². The zero-order valence-corrected chi connectivity index (χ0v) is 19.1. The number of ketones is 1. The summed E-state index contributed by atoms with van der Waals surface area (Å²) >= 11 is 0. The number of anilines is 2. The van der Waals surface area contributed by atoms with Crippen molar-refractivity contribution in [2.24, 2.45) is 5.92 Å². The number of halogens is 3. The predicted molar refractivity (Wildman–Crippen MR) is 130 cm³/mol. The molecule has 1 atom stereocenters. The molecule has 0 N–H and O–H groups in total. The topological polar surface area (TPSA) is 49.3 Å². The summed E-state index contributed by atoms with van der Waals surface area (Å²) in [5.74, 6) is 0.693. The lowest BCUT2D eigenvalue weighted by Crippen LogP contribution is -2.47. The fraction of sp³-hybridized carbons (Fsp3) is 0.296. The second-order valence-corrected chi connectivity index (χ2v) is 8.91. The summed E-state index contributed by atoms with van der Waals surface area (Å²) in [4.78, 5) is 25.8. The lowest BCUT2D eigenvalue weighted by molar-refractivity contribution is -0.137. The van der Waals surface area contributed by atoms with E-state index in [-0.39, 0.29) is 11.7 Å². The Morgan fingerprint density at radius 2 is 1.66 bits per heavy atom. The third-order valence-corrected chi connectivity index (χ3v) is 6.52. The minimum Gasteiger partial charge on any atom is -0.368 e. The molecule has 3 aromatic rings. The van der Waals surface area contributed by atoms with Crippen LogP contribution in [0.25, 0.3) is 6.08 Å². The number of nitrogens with zero attached hydrogens (tertiary/aromatic N) is 4. The van der Waals surface area contributed by atoms with E-state index in [4.69, 9.17) is 4.98 Å². The highest BCUT2D eigenvalue weighted by Gasteiger charge is 2.31. The van der Waals surface area contributed by atoms with Gasteiger partial charge in [0, 0.05) is 44.5 Å². The Labute approximate surface area is 201 Å². The molecule has 1 aliphatic carbocycles. The van der Waals surface area contributed by atoms with Gasteiger partial charge in [0.1, 0.15) is 0 Å². The molecule has 35 heavy (non-hydrogen) atoms. The third kappa shape index (κ3) is 5.21. The number of aromatic nitrogens is 2. The fourth-order valence-electron chi connectivity index (χ4n) is 4.61. The minimum atomic E-state index is -4.36. The molecular formula is C27H25F3N4O. The van der Waals surface area contributed by atoms with E-state index in [0.29, 0.717) is 56.2 Å². The van der Waals surface area contributed by atoms with Crippen molar-refractivity contribution in [2.45, 2.75) is 19.0 Å². The first-order chi connectivity index (χ1) is 16.9. The Morgan fingerprint density at radius 3 is 2.40 bits per heavy atom. The molecule has 180 valence electrons. The van der Waals surface area contributed by atoms with E-state index in [9.17, 15) is 18.0 Å². The average Bonchev–Trinajstić information content (AvgIpc) is 2.87. The molecule has 2 aromatic carbocycles. The van der Waals surface area contributed by atoms with Crippen molar-refractivity contribution in [3.63, 3.8) is 0 Å². The van der Waals surface area contributed by atoms with Gasteiger partial charge >= 0.3 is 6.18 Å². The molecule has 1 saturated heterocycles. The monoisotopic (exact) mass is 478 g/mol. The van der Waals surface area contributed by atoms with Crippen molar-refractivity contribution in [3.8, 4) is 0 Å². The van der Waals surface area contributed by atoms with Gasteiger partial charge in [-0.25, -0.2) is 9.97 Å². The Hall–Kier alpha value is -3.68. The van der Waals surface area contributed by atoms with Crippen LogP contribution in [0.5, 0.6) is 0 Å². The van der Waals surface area contributed by atoms with Crippen molar-refractivity contribution in [3.05, 3.63) is 89.3 Å². The second kappa shape index (κ2) is 9.52. The summed E-state index contributed by atoms with van der Waals surface area (Å²) in [6.45, 7) is 2.28. The van der Waals surface area contributed by atoms with Crippen LogP contribution in [-0.4, -0.2) is 41.9 Å². The maximum Gasteiger partial charge on any atom is 0.416 e. The van der Waals surface area contributed by atoms with Gasteiger partial charge in [-0.3, -0.25) is 4.79 Å². The van der Waals surface area contributed by atoms with Gasteiger partial charge < -0.3 is 9.80 Å². The number of carbonyl (C=O) groups excluding carboxylic acids is 1. The van der Waals surface area contributed by atoms with Crippen LogP contribution in [0.4, 0.5) is 24.8 Å². The molecule has 0 amide bonds. The number of hydrogen-bond acceptors (Lipinski definition) is 5. The smallest absolute Gasteiger partial charge is 0.368 e. The second-order valence-electron chi connectivity index (χ2n) is 8.91. The van der Waals surface area contributed by atoms with Crippen molar-refractivity contribution >= 4 is 23.5 Å². The first-order valence-corrected chi connectivity index (χ1v) is 11.7. The van der Waals surface area contributed by atoms with Crippen LogP contribution < -0.4 is 9.80 Å². The molecule has 1 aromatic heterocycles. The van der Waals surface area contributed by atoms with Gasteiger partial charge in [-0.05, 0) is 36.1 Å². The molecule has 0 saturated carbocycles. The van der Waals surface area contributed by atoms with Crippen LogP contribution in [0, 0.1) is 5.92 Å². The number of alkyl halides is 3. The van der Waals surface area contributed by atoms with Gasteiger partial charge in [0.25, 0.3) is 0 Å². The van der Waals surface area contributed by atoms with Gasteiger partial charge in [-0.15, -0.1) is 0 Å². The molecule has 0 spiro atoms. The number of fused-ring (bicyclic) bond motifs is 1. The number of piperazine rings is 1. The largest absolute Gasteiger partial charge is 0.416 e. The quantitative estimate of drug-likeness (QED) is 0.511. The highest BCUT2D eigenvalue weighted by Crippen LogP contribution is 2.32. The minimum absolute atomic E-state index is 0.0508. The number of allylic oxidation sites excluding steroid dienone is 1. The highest BCUT2D eigenvalue weighted by atomic mass is 19.4. The van der Waals surface area contributed by atoms with E-state index in [0.717, 1.165) is 17.3 Å². The van der Waals surface area contributed by atoms with Crippen LogP contribution in [0.15, 0.2) is 66.9 Å². The Kier molecular flexibility index (Phi) is 6.28. The molecule has 1 fully saturated rings. The average molecular weight is 479 g/mol.